The molecule has 0 aliphatic heterocycles. The van der Waals surface area contributed by atoms with Crippen LogP contribution in [0.15, 0.2) is 5.38 Å². The Balaban J connectivity index is 2.02. The van der Waals surface area contributed by atoms with Crippen LogP contribution < -0.4 is 5.32 Å². The highest BCUT2D eigenvalue weighted by Crippen LogP contribution is 2.33. The molecule has 120 valence electrons. The van der Waals surface area contributed by atoms with E-state index in [0.717, 1.165) is 24.8 Å². The van der Waals surface area contributed by atoms with Gasteiger partial charge < -0.3 is 5.32 Å². The maximum absolute atomic E-state index is 4.91. The van der Waals surface area contributed by atoms with Gasteiger partial charge in [-0.15, -0.1) is 11.3 Å². The van der Waals surface area contributed by atoms with Gasteiger partial charge in [-0.2, -0.15) is 0 Å². The van der Waals surface area contributed by atoms with Crippen molar-refractivity contribution in [3.05, 3.63) is 16.1 Å². The molecule has 2 nitrogen and oxygen atoms in total. The van der Waals surface area contributed by atoms with Gasteiger partial charge in [0.05, 0.1) is 10.7 Å². The van der Waals surface area contributed by atoms with E-state index in [2.05, 4.69) is 45.3 Å². The van der Waals surface area contributed by atoms with E-state index < -0.39 is 0 Å². The quantitative estimate of drug-likeness (QED) is 0.846. The molecular weight excluding hydrogens is 276 g/mol. The van der Waals surface area contributed by atoms with E-state index in [-0.39, 0.29) is 5.41 Å². The van der Waals surface area contributed by atoms with Crippen molar-refractivity contribution in [1.29, 1.82) is 0 Å². The van der Waals surface area contributed by atoms with Crippen LogP contribution in [-0.4, -0.2) is 17.6 Å². The van der Waals surface area contributed by atoms with Crippen molar-refractivity contribution in [2.75, 3.05) is 6.54 Å². The summed E-state index contributed by atoms with van der Waals surface area (Å²) in [5.41, 5.74) is 1.43. The minimum absolute atomic E-state index is 0.175. The Kier molecular flexibility index (Phi) is 5.84. The Bertz CT molecular complexity index is 431. The molecule has 1 aromatic rings. The molecule has 1 N–H and O–H groups in total. The normalized spacial score (nSPS) is 27.0. The molecule has 2 rings (SSSR count). The summed E-state index contributed by atoms with van der Waals surface area (Å²) >= 11 is 1.86. The molecule has 0 saturated heterocycles. The Morgan fingerprint density at radius 1 is 1.33 bits per heavy atom. The predicted molar refractivity (Wildman–Crippen MR) is 93.1 cm³/mol. The Morgan fingerprint density at radius 3 is 2.71 bits per heavy atom. The zero-order chi connectivity index (χ0) is 15.5. The first-order valence-electron chi connectivity index (χ1n) is 8.58. The zero-order valence-corrected chi connectivity index (χ0v) is 15.2. The fourth-order valence-electron chi connectivity index (χ4n) is 3.30. The predicted octanol–water partition coefficient (Wildman–Crippen LogP) is 4.79. The van der Waals surface area contributed by atoms with Crippen LogP contribution in [0.5, 0.6) is 0 Å². The summed E-state index contributed by atoms with van der Waals surface area (Å²) in [5, 5.41) is 7.37. The number of rotatable bonds is 5. The highest BCUT2D eigenvalue weighted by atomic mass is 32.1. The molecule has 1 saturated carbocycles. The molecule has 1 heterocycles. The SMILES string of the molecule is CCCNC1CCC(C)CC1Cc1nc(C(C)(C)C)cs1. The fraction of sp³-hybridized carbons (Fsp3) is 0.833. The highest BCUT2D eigenvalue weighted by Gasteiger charge is 2.29. The van der Waals surface area contributed by atoms with Gasteiger partial charge in [-0.1, -0.05) is 34.6 Å². The minimum Gasteiger partial charge on any atom is -0.314 e. The molecule has 0 spiro atoms. The lowest BCUT2D eigenvalue weighted by Gasteiger charge is -2.35. The van der Waals surface area contributed by atoms with E-state index in [1.807, 2.05) is 11.3 Å². The van der Waals surface area contributed by atoms with Crippen LogP contribution >= 0.6 is 11.3 Å². The highest BCUT2D eigenvalue weighted by molar-refractivity contribution is 7.09. The van der Waals surface area contributed by atoms with Gasteiger partial charge in [-0.3, -0.25) is 0 Å². The molecule has 3 heteroatoms. The molecule has 3 unspecified atom stereocenters. The van der Waals surface area contributed by atoms with Gasteiger partial charge in [0.2, 0.25) is 0 Å². The number of nitrogens with zero attached hydrogens (tertiary/aromatic N) is 1. The molecule has 0 bridgehead atoms. The van der Waals surface area contributed by atoms with Gasteiger partial charge in [0.1, 0.15) is 0 Å². The van der Waals surface area contributed by atoms with Gasteiger partial charge in [0.25, 0.3) is 0 Å². The smallest absolute Gasteiger partial charge is 0.0931 e. The van der Waals surface area contributed by atoms with E-state index in [1.165, 1.54) is 36.4 Å². The van der Waals surface area contributed by atoms with Crippen molar-refractivity contribution in [1.82, 2.24) is 10.3 Å². The molecule has 0 radical (unpaired) electrons. The summed E-state index contributed by atoms with van der Waals surface area (Å²) in [5.74, 6) is 1.64. The lowest BCUT2D eigenvalue weighted by Crippen LogP contribution is -2.41. The van der Waals surface area contributed by atoms with Crippen LogP contribution in [0.25, 0.3) is 0 Å². The second-order valence-electron chi connectivity index (χ2n) is 7.82. The second kappa shape index (κ2) is 7.23. The van der Waals surface area contributed by atoms with Gasteiger partial charge in [-0.25, -0.2) is 4.98 Å². The van der Waals surface area contributed by atoms with Gasteiger partial charge in [0.15, 0.2) is 0 Å². The summed E-state index contributed by atoms with van der Waals surface area (Å²) in [6, 6.07) is 0.697. The largest absolute Gasteiger partial charge is 0.314 e. The second-order valence-corrected chi connectivity index (χ2v) is 8.76. The molecule has 0 aromatic carbocycles. The standard InChI is InChI=1S/C18H32N2S/c1-6-9-19-15-8-7-13(2)10-14(15)11-17-20-16(12-21-17)18(3,4)5/h12-15,19H,6-11H2,1-5H3. The number of aromatic nitrogens is 1. The van der Waals surface area contributed by atoms with E-state index in [0.29, 0.717) is 6.04 Å². The monoisotopic (exact) mass is 308 g/mol. The Labute approximate surface area is 134 Å². The zero-order valence-electron chi connectivity index (χ0n) is 14.4. The number of hydrogen-bond donors (Lipinski definition) is 1. The molecule has 21 heavy (non-hydrogen) atoms. The van der Waals surface area contributed by atoms with Crippen molar-refractivity contribution in [2.24, 2.45) is 11.8 Å². The van der Waals surface area contributed by atoms with E-state index >= 15 is 0 Å². The lowest BCUT2D eigenvalue weighted by atomic mass is 9.77. The van der Waals surface area contributed by atoms with E-state index in [1.54, 1.807) is 0 Å². The molecule has 3 atom stereocenters. The minimum atomic E-state index is 0.175. The summed E-state index contributed by atoms with van der Waals surface area (Å²) in [4.78, 5) is 4.91. The first-order valence-corrected chi connectivity index (χ1v) is 9.46. The van der Waals surface area contributed by atoms with Gasteiger partial charge >= 0.3 is 0 Å². The van der Waals surface area contributed by atoms with Crippen molar-refractivity contribution >= 4 is 11.3 Å². The molecule has 0 amide bonds. The fourth-order valence-corrected chi connectivity index (χ4v) is 4.41. The van der Waals surface area contributed by atoms with Crippen molar-refractivity contribution in [3.8, 4) is 0 Å². The summed E-state index contributed by atoms with van der Waals surface area (Å²) in [7, 11) is 0. The van der Waals surface area contributed by atoms with Gasteiger partial charge in [-0.05, 0) is 44.1 Å². The van der Waals surface area contributed by atoms with Crippen molar-refractivity contribution in [3.63, 3.8) is 0 Å². The molecule has 1 aromatic heterocycles. The molecule has 1 aliphatic carbocycles. The van der Waals surface area contributed by atoms with Gasteiger partial charge in [0, 0.05) is 23.3 Å². The first-order chi connectivity index (χ1) is 9.90. The summed E-state index contributed by atoms with van der Waals surface area (Å²) in [6.07, 6.45) is 6.45. The Hall–Kier alpha value is -0.410. The van der Waals surface area contributed by atoms with Crippen LogP contribution in [-0.2, 0) is 11.8 Å². The first kappa shape index (κ1) is 17.0. The third-order valence-corrected chi connectivity index (χ3v) is 5.53. The van der Waals surface area contributed by atoms with Crippen LogP contribution in [0, 0.1) is 11.8 Å². The van der Waals surface area contributed by atoms with Crippen molar-refractivity contribution < 1.29 is 0 Å². The summed E-state index contributed by atoms with van der Waals surface area (Å²) in [6.45, 7) is 12.6. The van der Waals surface area contributed by atoms with E-state index in [9.17, 15) is 0 Å². The van der Waals surface area contributed by atoms with Crippen LogP contribution in [0.3, 0.4) is 0 Å². The average Bonchev–Trinajstić information content (AvgIpc) is 2.86. The van der Waals surface area contributed by atoms with Crippen molar-refractivity contribution in [2.45, 2.75) is 78.2 Å². The lowest BCUT2D eigenvalue weighted by molar-refractivity contribution is 0.212. The third-order valence-electron chi connectivity index (χ3n) is 4.66. The summed E-state index contributed by atoms with van der Waals surface area (Å²) < 4.78 is 0. The van der Waals surface area contributed by atoms with E-state index in [4.69, 9.17) is 4.98 Å². The number of nitrogens with one attached hydrogen (secondary N) is 1. The number of hydrogen-bond acceptors (Lipinski definition) is 3. The molecular formula is C18H32N2S. The Morgan fingerprint density at radius 2 is 2.10 bits per heavy atom. The average molecular weight is 309 g/mol. The van der Waals surface area contributed by atoms with Crippen LogP contribution in [0.2, 0.25) is 0 Å². The third kappa shape index (κ3) is 4.79. The topological polar surface area (TPSA) is 24.9 Å². The maximum Gasteiger partial charge on any atom is 0.0931 e. The molecule has 1 aliphatic rings. The maximum atomic E-state index is 4.91. The number of thiazole rings is 1. The van der Waals surface area contributed by atoms with Crippen LogP contribution in [0.1, 0.15) is 71.0 Å². The molecule has 1 fully saturated rings. The van der Waals surface area contributed by atoms with Crippen LogP contribution in [0.4, 0.5) is 0 Å².